The molecule has 2 rings (SSSR count). The lowest BCUT2D eigenvalue weighted by atomic mass is 9.88. The Morgan fingerprint density at radius 2 is 1.11 bits per heavy atom. The third-order valence-electron chi connectivity index (χ3n) is 14.5. The average Bonchev–Trinajstić information content (AvgIpc) is 0.750. The maximum absolute atomic E-state index is 14.7. The molecular formula is C63H109N11O18S. The highest BCUT2D eigenvalue weighted by Gasteiger charge is 2.39. The maximum Gasteiger partial charge on any atom is 0.408 e. The van der Waals surface area contributed by atoms with E-state index in [1.807, 2.05) is 13.8 Å². The minimum Gasteiger partial charge on any atom is -0.487 e. The Bertz CT molecular complexity index is 2930. The van der Waals surface area contributed by atoms with Crippen LogP contribution in [0.5, 0.6) is 5.75 Å². The van der Waals surface area contributed by atoms with Gasteiger partial charge in [-0.3, -0.25) is 38.6 Å². The van der Waals surface area contributed by atoms with E-state index < -0.39 is 172 Å². The molecule has 0 saturated carbocycles. The Kier molecular flexibility index (Phi) is 31.0. The van der Waals surface area contributed by atoms with Crippen LogP contribution >= 0.6 is 0 Å². The smallest absolute Gasteiger partial charge is 0.408 e. The van der Waals surface area contributed by atoms with Gasteiger partial charge in [-0.1, -0.05) is 41.5 Å². The van der Waals surface area contributed by atoms with E-state index in [9.17, 15) is 66.9 Å². The van der Waals surface area contributed by atoms with Crippen LogP contribution in [0.3, 0.4) is 0 Å². The zero-order valence-electron chi connectivity index (χ0n) is 58.4. The van der Waals surface area contributed by atoms with Gasteiger partial charge < -0.3 is 82.5 Å². The number of hydrogen-bond donors (Lipinski definition) is 13. The number of benzene rings is 1. The average molecular weight is 1340 g/mol. The first kappa shape index (κ1) is 82.2. The lowest BCUT2D eigenvalue weighted by molar-refractivity contribution is -0.146. The van der Waals surface area contributed by atoms with Crippen molar-refractivity contribution < 1.29 is 85.8 Å². The van der Waals surface area contributed by atoms with Crippen molar-refractivity contribution >= 4 is 69.4 Å². The van der Waals surface area contributed by atoms with Crippen LogP contribution in [-0.2, 0) is 69.0 Å². The number of guanidine groups is 1. The summed E-state index contributed by atoms with van der Waals surface area (Å²) in [5.74, 6) is -9.19. The number of fused-ring (bicyclic) bond motifs is 1. The van der Waals surface area contributed by atoms with Crippen LogP contribution in [-0.4, -0.2) is 186 Å². The highest BCUT2D eigenvalue weighted by molar-refractivity contribution is 7.90. The molecule has 530 valence electrons. The Morgan fingerprint density at radius 1 is 0.624 bits per heavy atom. The van der Waals surface area contributed by atoms with Crippen LogP contribution in [0.1, 0.15) is 179 Å². The largest absolute Gasteiger partial charge is 0.487 e. The van der Waals surface area contributed by atoms with Gasteiger partial charge in [0.25, 0.3) is 10.0 Å². The predicted octanol–water partition coefficient (Wildman–Crippen LogP) is 2.21. The number of aliphatic hydroxyl groups excluding tert-OH is 2. The summed E-state index contributed by atoms with van der Waals surface area (Å²) in [6.45, 7) is 33.5. The number of carbonyl (C=O) groups is 9. The quantitative estimate of drug-likeness (QED) is 0.0272. The van der Waals surface area contributed by atoms with E-state index in [0.717, 1.165) is 5.56 Å². The number of carboxylic acid groups (broad SMARTS) is 1. The molecule has 29 nitrogen and oxygen atoms in total. The summed E-state index contributed by atoms with van der Waals surface area (Å²) in [5.41, 5.74) is 5.58. The summed E-state index contributed by atoms with van der Waals surface area (Å²) < 4.78 is 53.4. The molecule has 0 aliphatic carbocycles. The molecule has 93 heavy (non-hydrogen) atoms. The number of sulfonamides is 1. The number of aliphatic hydroxyl groups is 2. The van der Waals surface area contributed by atoms with Gasteiger partial charge in [-0.25, -0.2) is 22.7 Å². The van der Waals surface area contributed by atoms with E-state index in [1.54, 1.807) is 125 Å². The van der Waals surface area contributed by atoms with Crippen molar-refractivity contribution in [3.8, 4) is 5.75 Å². The van der Waals surface area contributed by atoms with Crippen molar-refractivity contribution in [1.29, 1.82) is 0 Å². The van der Waals surface area contributed by atoms with Crippen LogP contribution in [0.25, 0.3) is 0 Å². The molecule has 0 aromatic heterocycles. The van der Waals surface area contributed by atoms with E-state index in [0.29, 0.717) is 35.3 Å². The topological polar surface area (TPSA) is 432 Å². The summed E-state index contributed by atoms with van der Waals surface area (Å²) in [7, 11) is -4.33. The van der Waals surface area contributed by atoms with Crippen LogP contribution in [0.4, 0.5) is 4.79 Å². The van der Waals surface area contributed by atoms with Gasteiger partial charge in [0.2, 0.25) is 47.3 Å². The third-order valence-corrected chi connectivity index (χ3v) is 16.1. The van der Waals surface area contributed by atoms with E-state index in [1.165, 1.54) is 6.92 Å². The van der Waals surface area contributed by atoms with Gasteiger partial charge in [0.15, 0.2) is 6.04 Å². The first-order valence-corrected chi connectivity index (χ1v) is 33.0. The molecule has 1 heterocycles. The number of aliphatic imine (C=N–C) groups is 1. The van der Waals surface area contributed by atoms with Gasteiger partial charge in [-0.2, -0.15) is 0 Å². The first-order chi connectivity index (χ1) is 42.5. The van der Waals surface area contributed by atoms with Crippen LogP contribution < -0.4 is 57.7 Å². The standard InChI is InChI=1S/C63H109N11O18S/c1-32(2)27-41(70-56(83)47(48(77)34(5)6)73-59(86)92-62(17,18)19)52(79)68-40(23-22-26-65-58(64)74-93(87,88)50-36(8)35(7)49-39(37(50)9)24-25-63(20,21)91-49)51(78)69-42(28-33(3)4)53(80)72-46(38(10)75)55(82)66-29-45(76)67-43(30-89-60(11,12)13)54(81)71-44(57(84)85)31-90-61(14,15)16/h32-34,38,40-44,46-48,75,77H,22-31H2,1-21H3,(H,66,82)(H,67,76)(H,68,79)(H,69,78)(H,70,83)(H,71,81)(H,72,80)(H,73,86)(H,84,85)(H3,64,65,74)/t38-,40+,41-,42-,43-,44-,46-,47-,48+/m0/s1. The van der Waals surface area contributed by atoms with E-state index in [2.05, 4.69) is 52.2 Å². The van der Waals surface area contributed by atoms with Crippen LogP contribution in [0.15, 0.2) is 9.89 Å². The number of carbonyl (C=O) groups excluding carboxylic acids is 8. The number of ether oxygens (including phenoxy) is 4. The number of hydrogen-bond acceptors (Lipinski definition) is 18. The van der Waals surface area contributed by atoms with Crippen molar-refractivity contribution in [2.24, 2.45) is 28.5 Å². The van der Waals surface area contributed by atoms with E-state index >= 15 is 0 Å². The minimum absolute atomic E-state index is 0.0177. The lowest BCUT2D eigenvalue weighted by Gasteiger charge is -2.35. The number of carboxylic acids is 1. The second kappa shape index (κ2) is 35.0. The molecule has 0 saturated heterocycles. The summed E-state index contributed by atoms with van der Waals surface area (Å²) in [6.07, 6.45) is -3.28. The fourth-order valence-electron chi connectivity index (χ4n) is 9.55. The summed E-state index contributed by atoms with van der Waals surface area (Å²) in [6, 6.07) is -10.8. The number of rotatable bonds is 33. The summed E-state index contributed by atoms with van der Waals surface area (Å²) in [5, 5.41) is 51.7. The van der Waals surface area contributed by atoms with Crippen molar-refractivity contribution in [2.45, 2.75) is 266 Å². The van der Waals surface area contributed by atoms with Gasteiger partial charge in [0.1, 0.15) is 53.2 Å². The molecule has 8 amide bonds. The molecule has 14 N–H and O–H groups in total. The van der Waals surface area contributed by atoms with Gasteiger partial charge in [-0.05, 0) is 182 Å². The van der Waals surface area contributed by atoms with Gasteiger partial charge in [0, 0.05) is 6.54 Å². The molecular weight excluding hydrogens is 1230 g/mol. The monoisotopic (exact) mass is 1340 g/mol. The molecule has 9 atom stereocenters. The van der Waals surface area contributed by atoms with Gasteiger partial charge in [-0.15, -0.1) is 0 Å². The zero-order chi connectivity index (χ0) is 71.6. The first-order valence-electron chi connectivity index (χ1n) is 31.6. The molecule has 0 unspecified atom stereocenters. The Balaban J connectivity index is 2.55. The molecule has 1 aromatic carbocycles. The second-order valence-corrected chi connectivity index (χ2v) is 30.1. The molecule has 0 radical (unpaired) electrons. The third kappa shape index (κ3) is 28.3. The molecule has 0 spiro atoms. The predicted molar refractivity (Wildman–Crippen MR) is 348 cm³/mol. The molecule has 30 heteroatoms. The Hall–Kier alpha value is -6.89. The summed E-state index contributed by atoms with van der Waals surface area (Å²) >= 11 is 0. The molecule has 1 aliphatic heterocycles. The number of nitrogens with one attached hydrogen (secondary N) is 9. The van der Waals surface area contributed by atoms with E-state index in [4.69, 9.17) is 24.7 Å². The lowest BCUT2D eigenvalue weighted by Crippen LogP contribution is -2.61. The molecule has 1 aromatic rings. The Labute approximate surface area is 548 Å². The highest BCUT2D eigenvalue weighted by atomic mass is 32.2. The van der Waals surface area contributed by atoms with E-state index in [-0.39, 0.29) is 49.0 Å². The van der Waals surface area contributed by atoms with Crippen LogP contribution in [0, 0.1) is 38.5 Å². The number of aliphatic carboxylic acids is 1. The van der Waals surface area contributed by atoms with Crippen molar-refractivity contribution in [1.82, 2.24) is 47.3 Å². The fraction of sp³-hybridized carbons (Fsp3) is 0.746. The second-order valence-electron chi connectivity index (χ2n) is 28.5. The number of nitrogens with two attached hydrogens (primary N) is 1. The fourth-order valence-corrected chi connectivity index (χ4v) is 11.1. The summed E-state index contributed by atoms with van der Waals surface area (Å²) in [4.78, 5) is 127. The van der Waals surface area contributed by atoms with Gasteiger partial charge in [0.05, 0.1) is 48.1 Å². The van der Waals surface area contributed by atoms with Crippen molar-refractivity contribution in [2.75, 3.05) is 26.3 Å². The molecule has 0 bridgehead atoms. The Morgan fingerprint density at radius 3 is 1.60 bits per heavy atom. The number of alkyl carbamates (subject to hydrolysis) is 1. The van der Waals surface area contributed by atoms with Crippen LogP contribution in [0.2, 0.25) is 0 Å². The highest BCUT2D eigenvalue weighted by Crippen LogP contribution is 2.42. The number of amides is 8. The maximum atomic E-state index is 14.7. The van der Waals surface area contributed by atoms with Crippen molar-refractivity contribution in [3.63, 3.8) is 0 Å². The SMILES string of the molecule is Cc1c(C)c(S(=O)(=O)NC(N)=NCCC[C@@H](NC(=O)[C@H](CC(C)C)NC(=O)[C@@H](NC(=O)OC(C)(C)C)[C@H](O)C(C)C)C(=O)N[C@@H](CC(C)C)C(=O)N[C@H](C(=O)NCC(=O)N[C@@H](COC(C)(C)C)C(=O)N[C@@H](COC(C)(C)C)C(=O)O)[C@H](C)O)c(C)c2c1OC(C)(C)CC2. The number of nitrogens with zero attached hydrogens (tertiary/aromatic N) is 1. The van der Waals surface area contributed by atoms with Gasteiger partial charge >= 0.3 is 12.1 Å². The minimum atomic E-state index is -4.33. The molecule has 0 fully saturated rings. The van der Waals surface area contributed by atoms with Crippen molar-refractivity contribution in [3.05, 3.63) is 22.3 Å². The zero-order valence-corrected chi connectivity index (χ0v) is 59.2. The molecule has 1 aliphatic rings. The normalized spacial score (nSPS) is 16.5.